The van der Waals surface area contributed by atoms with E-state index in [0.29, 0.717) is 45.8 Å². The quantitative estimate of drug-likeness (QED) is 0.463. The Balaban J connectivity index is 1.50. The number of amides is 1. The fourth-order valence-corrected chi connectivity index (χ4v) is 4.35. The lowest BCUT2D eigenvalue weighted by atomic mass is 10.0. The van der Waals surface area contributed by atoms with Crippen LogP contribution in [0, 0.1) is 0 Å². The van der Waals surface area contributed by atoms with Gasteiger partial charge < -0.3 is 14.8 Å². The summed E-state index contributed by atoms with van der Waals surface area (Å²) in [5.41, 5.74) is 1.08. The van der Waals surface area contributed by atoms with Crippen molar-refractivity contribution in [3.8, 4) is 11.3 Å². The summed E-state index contributed by atoms with van der Waals surface area (Å²) >= 11 is 12.4. The normalized spacial score (nSPS) is 16.6. The number of hydrogen-bond acceptors (Lipinski definition) is 4. The van der Waals surface area contributed by atoms with Crippen LogP contribution in [0.2, 0.25) is 10.0 Å². The molecule has 3 aromatic rings. The van der Waals surface area contributed by atoms with Crippen molar-refractivity contribution in [3.63, 3.8) is 0 Å². The van der Waals surface area contributed by atoms with Crippen molar-refractivity contribution in [1.29, 1.82) is 0 Å². The van der Waals surface area contributed by atoms with E-state index in [1.807, 2.05) is 12.1 Å². The molecule has 0 bridgehead atoms. The van der Waals surface area contributed by atoms with Crippen LogP contribution in [0.15, 0.2) is 59.0 Å². The second-order valence-electron chi connectivity index (χ2n) is 7.71. The van der Waals surface area contributed by atoms with Crippen LogP contribution in [0.4, 0.5) is 5.69 Å². The fourth-order valence-electron chi connectivity index (χ4n) is 3.97. The lowest BCUT2D eigenvalue weighted by Crippen LogP contribution is -2.46. The van der Waals surface area contributed by atoms with Crippen molar-refractivity contribution < 1.29 is 19.1 Å². The molecule has 32 heavy (non-hydrogen) atoms. The van der Waals surface area contributed by atoms with Gasteiger partial charge in [0.2, 0.25) is 5.91 Å². The number of likely N-dealkylation sites (tertiary alicyclic amines) is 1. The Morgan fingerprint density at radius 3 is 2.72 bits per heavy atom. The number of hydrogen-bond donors (Lipinski definition) is 2. The number of nitrogens with one attached hydrogen (secondary N) is 1. The maximum Gasteiger partial charge on any atom is 0.337 e. The molecule has 0 unspecified atom stereocenters. The van der Waals surface area contributed by atoms with Gasteiger partial charge in [-0.15, -0.1) is 0 Å². The van der Waals surface area contributed by atoms with Crippen LogP contribution in [0.5, 0.6) is 0 Å². The topological polar surface area (TPSA) is 82.8 Å². The van der Waals surface area contributed by atoms with E-state index in [0.717, 1.165) is 19.4 Å². The molecule has 4 rings (SSSR count). The summed E-state index contributed by atoms with van der Waals surface area (Å²) in [6, 6.07) is 14.9. The number of benzene rings is 2. The van der Waals surface area contributed by atoms with Gasteiger partial charge in [-0.3, -0.25) is 9.69 Å². The summed E-state index contributed by atoms with van der Waals surface area (Å²) in [4.78, 5) is 26.6. The number of nitrogens with zero attached hydrogens (tertiary/aromatic N) is 1. The molecule has 8 heteroatoms. The van der Waals surface area contributed by atoms with E-state index in [9.17, 15) is 14.7 Å². The number of rotatable bonds is 6. The summed E-state index contributed by atoms with van der Waals surface area (Å²) in [5, 5.41) is 13.3. The first-order valence-electron chi connectivity index (χ1n) is 10.3. The zero-order chi connectivity index (χ0) is 22.7. The van der Waals surface area contributed by atoms with Crippen molar-refractivity contribution in [1.82, 2.24) is 4.90 Å². The average molecular weight is 473 g/mol. The SMILES string of the molecule is O=C(O)c1ccccc1NC(=O)[C@H]1CCCCN1Cc1ccc(-c2cc(Cl)ccc2Cl)o1. The zero-order valence-corrected chi connectivity index (χ0v) is 18.7. The number of carboxylic acid groups (broad SMARTS) is 1. The van der Waals surface area contributed by atoms with Crippen molar-refractivity contribution in [2.24, 2.45) is 0 Å². The maximum absolute atomic E-state index is 13.0. The lowest BCUT2D eigenvalue weighted by Gasteiger charge is -2.34. The predicted octanol–water partition coefficient (Wildman–Crippen LogP) is 5.94. The van der Waals surface area contributed by atoms with Gasteiger partial charge in [-0.05, 0) is 61.9 Å². The highest BCUT2D eigenvalue weighted by Crippen LogP contribution is 2.32. The summed E-state index contributed by atoms with van der Waals surface area (Å²) in [7, 11) is 0. The molecule has 1 amide bonds. The largest absolute Gasteiger partial charge is 0.478 e. The smallest absolute Gasteiger partial charge is 0.337 e. The van der Waals surface area contributed by atoms with Crippen LogP contribution >= 0.6 is 23.2 Å². The summed E-state index contributed by atoms with van der Waals surface area (Å²) in [5.74, 6) is 0.0230. The van der Waals surface area contributed by atoms with Crippen molar-refractivity contribution in [2.45, 2.75) is 31.8 Å². The van der Waals surface area contributed by atoms with Crippen LogP contribution in [-0.2, 0) is 11.3 Å². The van der Waals surface area contributed by atoms with E-state index in [1.54, 1.807) is 36.4 Å². The van der Waals surface area contributed by atoms with Gasteiger partial charge in [0.1, 0.15) is 11.5 Å². The Hall–Kier alpha value is -2.80. The Bertz CT molecular complexity index is 1140. The molecule has 166 valence electrons. The molecule has 1 fully saturated rings. The molecule has 0 saturated carbocycles. The minimum Gasteiger partial charge on any atom is -0.478 e. The third-order valence-electron chi connectivity index (χ3n) is 5.55. The third kappa shape index (κ3) is 4.99. The number of anilines is 1. The molecule has 0 radical (unpaired) electrons. The van der Waals surface area contributed by atoms with Gasteiger partial charge in [-0.1, -0.05) is 41.8 Å². The van der Waals surface area contributed by atoms with Crippen molar-refractivity contribution in [3.05, 3.63) is 76.0 Å². The molecule has 0 aliphatic carbocycles. The van der Waals surface area contributed by atoms with Gasteiger partial charge in [0.05, 0.1) is 28.9 Å². The second-order valence-corrected chi connectivity index (χ2v) is 8.56. The number of carboxylic acids is 1. The highest BCUT2D eigenvalue weighted by Gasteiger charge is 2.30. The first kappa shape index (κ1) is 22.4. The molecule has 1 aliphatic rings. The highest BCUT2D eigenvalue weighted by molar-refractivity contribution is 6.35. The van der Waals surface area contributed by atoms with Crippen LogP contribution < -0.4 is 5.32 Å². The van der Waals surface area contributed by atoms with Gasteiger partial charge in [0, 0.05) is 10.6 Å². The summed E-state index contributed by atoms with van der Waals surface area (Å²) in [6.07, 6.45) is 2.59. The van der Waals surface area contributed by atoms with Crippen LogP contribution in [0.25, 0.3) is 11.3 Å². The maximum atomic E-state index is 13.0. The van der Waals surface area contributed by atoms with Gasteiger partial charge >= 0.3 is 5.97 Å². The molecule has 1 atom stereocenters. The molecule has 6 nitrogen and oxygen atoms in total. The predicted molar refractivity (Wildman–Crippen MR) is 124 cm³/mol. The molecule has 0 spiro atoms. The minimum absolute atomic E-state index is 0.0669. The second kappa shape index (κ2) is 9.77. The lowest BCUT2D eigenvalue weighted by molar-refractivity contribution is -0.122. The molecule has 1 aliphatic heterocycles. The summed E-state index contributed by atoms with van der Waals surface area (Å²) in [6.45, 7) is 1.20. The molecule has 2 N–H and O–H groups in total. The number of piperidine rings is 1. The van der Waals surface area contributed by atoms with E-state index >= 15 is 0 Å². The van der Waals surface area contributed by atoms with E-state index in [1.165, 1.54) is 6.07 Å². The number of carbonyl (C=O) groups excluding carboxylic acids is 1. The number of halogens is 2. The van der Waals surface area contributed by atoms with Crippen LogP contribution in [0.1, 0.15) is 35.4 Å². The Labute approximate surface area is 195 Å². The minimum atomic E-state index is -1.08. The first-order chi connectivity index (χ1) is 15.4. The molecule has 1 saturated heterocycles. The van der Waals surface area contributed by atoms with Gasteiger partial charge in [-0.2, -0.15) is 0 Å². The molecular formula is C24H22Cl2N2O4. The molecular weight excluding hydrogens is 451 g/mol. The van der Waals surface area contributed by atoms with E-state index in [2.05, 4.69) is 10.2 Å². The third-order valence-corrected chi connectivity index (χ3v) is 6.11. The standard InChI is InChI=1S/C24H22Cl2N2O4/c25-15-8-10-19(26)18(13-15)22-11-9-16(32-22)14-28-12-4-3-7-21(28)23(29)27-20-6-2-1-5-17(20)24(30)31/h1-2,5-6,8-11,13,21H,3-4,7,12,14H2,(H,27,29)(H,30,31)/t21-/m1/s1. The van der Waals surface area contributed by atoms with Gasteiger partial charge in [0.25, 0.3) is 0 Å². The number of para-hydroxylation sites is 1. The Morgan fingerprint density at radius 1 is 1.09 bits per heavy atom. The summed E-state index contributed by atoms with van der Waals surface area (Å²) < 4.78 is 6.01. The van der Waals surface area contributed by atoms with Gasteiger partial charge in [0.15, 0.2) is 0 Å². The molecule has 2 aromatic carbocycles. The van der Waals surface area contributed by atoms with Crippen molar-refractivity contribution in [2.75, 3.05) is 11.9 Å². The number of carbonyl (C=O) groups is 2. The van der Waals surface area contributed by atoms with E-state index < -0.39 is 5.97 Å². The van der Waals surface area contributed by atoms with E-state index in [4.69, 9.17) is 27.6 Å². The van der Waals surface area contributed by atoms with Crippen LogP contribution in [-0.4, -0.2) is 34.5 Å². The first-order valence-corrected chi connectivity index (χ1v) is 11.1. The van der Waals surface area contributed by atoms with Crippen LogP contribution in [0.3, 0.4) is 0 Å². The average Bonchev–Trinajstić information content (AvgIpc) is 3.24. The van der Waals surface area contributed by atoms with Gasteiger partial charge in [-0.25, -0.2) is 4.79 Å². The highest BCUT2D eigenvalue weighted by atomic mass is 35.5. The Morgan fingerprint density at radius 2 is 1.91 bits per heavy atom. The molecule has 1 aromatic heterocycles. The monoisotopic (exact) mass is 472 g/mol. The van der Waals surface area contributed by atoms with E-state index in [-0.39, 0.29) is 17.5 Å². The van der Waals surface area contributed by atoms with Crippen molar-refractivity contribution >= 4 is 40.8 Å². The number of aromatic carboxylic acids is 1. The Kier molecular flexibility index (Phi) is 6.84. The number of furan rings is 1. The fraction of sp³-hybridized carbons (Fsp3) is 0.250. The molecule has 2 heterocycles. The zero-order valence-electron chi connectivity index (χ0n) is 17.2.